The number of carbonyl (C=O) groups excluding carboxylic acids is 3. The molecule has 28 heavy (non-hydrogen) atoms. The number of hydrogen-bond acceptors (Lipinski definition) is 4. The third-order valence-electron chi connectivity index (χ3n) is 4.30. The molecule has 3 amide bonds. The first-order valence-corrected chi connectivity index (χ1v) is 9.74. The minimum Gasteiger partial charge on any atom is -0.444 e. The van der Waals surface area contributed by atoms with Crippen molar-refractivity contribution in [2.24, 2.45) is 0 Å². The van der Waals surface area contributed by atoms with E-state index in [9.17, 15) is 14.4 Å². The van der Waals surface area contributed by atoms with Gasteiger partial charge in [-0.2, -0.15) is 0 Å². The molecule has 0 saturated carbocycles. The maximum Gasteiger partial charge on any atom is 0.410 e. The van der Waals surface area contributed by atoms with E-state index in [1.165, 1.54) is 4.90 Å². The quantitative estimate of drug-likeness (QED) is 0.811. The molecule has 0 aromatic heterocycles. The molecule has 154 valence electrons. The lowest BCUT2D eigenvalue weighted by Gasteiger charge is -2.29. The minimum absolute atomic E-state index is 0.0552. The van der Waals surface area contributed by atoms with Crippen molar-refractivity contribution in [3.8, 4) is 0 Å². The van der Waals surface area contributed by atoms with Crippen LogP contribution in [-0.2, 0) is 14.3 Å². The highest BCUT2D eigenvalue weighted by atomic mass is 16.6. The highest BCUT2D eigenvalue weighted by Gasteiger charge is 2.38. The molecule has 7 heteroatoms. The van der Waals surface area contributed by atoms with Crippen molar-refractivity contribution in [1.82, 2.24) is 15.5 Å². The summed E-state index contributed by atoms with van der Waals surface area (Å²) >= 11 is 0. The highest BCUT2D eigenvalue weighted by molar-refractivity contribution is 5.92. The van der Waals surface area contributed by atoms with Crippen LogP contribution >= 0.6 is 0 Å². The van der Waals surface area contributed by atoms with Gasteiger partial charge in [0, 0.05) is 12.6 Å². The van der Waals surface area contributed by atoms with Crippen molar-refractivity contribution in [1.29, 1.82) is 0 Å². The van der Waals surface area contributed by atoms with Crippen molar-refractivity contribution in [2.75, 3.05) is 6.54 Å². The van der Waals surface area contributed by atoms with Gasteiger partial charge >= 0.3 is 6.09 Å². The molecule has 2 N–H and O–H groups in total. The van der Waals surface area contributed by atoms with Gasteiger partial charge in [0.1, 0.15) is 17.7 Å². The second-order valence-electron chi connectivity index (χ2n) is 8.35. The second kappa shape index (κ2) is 9.08. The zero-order chi connectivity index (χ0) is 20.9. The molecule has 0 spiro atoms. The summed E-state index contributed by atoms with van der Waals surface area (Å²) in [4.78, 5) is 39.5. The van der Waals surface area contributed by atoms with Crippen LogP contribution in [-0.4, -0.2) is 47.0 Å². The second-order valence-corrected chi connectivity index (χ2v) is 8.35. The Balaban J connectivity index is 2.15. The van der Waals surface area contributed by atoms with Crippen molar-refractivity contribution in [3.05, 3.63) is 35.9 Å². The van der Waals surface area contributed by atoms with Gasteiger partial charge in [-0.05, 0) is 53.0 Å². The van der Waals surface area contributed by atoms with Gasteiger partial charge in [-0.1, -0.05) is 30.3 Å². The van der Waals surface area contributed by atoms with Gasteiger partial charge in [-0.25, -0.2) is 4.79 Å². The Morgan fingerprint density at radius 1 is 1.11 bits per heavy atom. The lowest BCUT2D eigenvalue weighted by atomic mass is 10.0. The monoisotopic (exact) mass is 389 g/mol. The first-order chi connectivity index (χ1) is 13.1. The molecule has 2 rings (SSSR count). The molecular formula is C21H31N3O4. The Morgan fingerprint density at radius 2 is 1.75 bits per heavy atom. The van der Waals surface area contributed by atoms with E-state index < -0.39 is 23.8 Å². The summed E-state index contributed by atoms with van der Waals surface area (Å²) in [6, 6.07) is 7.56. The summed E-state index contributed by atoms with van der Waals surface area (Å²) in [6.07, 6.45) is 0.747. The lowest BCUT2D eigenvalue weighted by molar-refractivity contribution is -0.131. The summed E-state index contributed by atoms with van der Waals surface area (Å²) in [5.41, 5.74) is 0.0561. The predicted octanol–water partition coefficient (Wildman–Crippen LogP) is 2.77. The largest absolute Gasteiger partial charge is 0.444 e. The fraction of sp³-hybridized carbons (Fsp3) is 0.571. The maximum absolute atomic E-state index is 13.0. The molecule has 0 bridgehead atoms. The first kappa shape index (κ1) is 21.7. The number of amides is 3. The first-order valence-electron chi connectivity index (χ1n) is 9.74. The van der Waals surface area contributed by atoms with Crippen LogP contribution in [0.5, 0.6) is 0 Å². The molecule has 7 nitrogen and oxygen atoms in total. The molecular weight excluding hydrogens is 358 g/mol. The summed E-state index contributed by atoms with van der Waals surface area (Å²) in [7, 11) is 0. The summed E-state index contributed by atoms with van der Waals surface area (Å²) in [5, 5.41) is 5.67. The number of carbonyl (C=O) groups is 3. The van der Waals surface area contributed by atoms with Crippen molar-refractivity contribution < 1.29 is 19.1 Å². The summed E-state index contributed by atoms with van der Waals surface area (Å²) in [5.74, 6) is -0.632. The third kappa shape index (κ3) is 5.97. The number of nitrogens with zero attached hydrogens (tertiary/aromatic N) is 1. The van der Waals surface area contributed by atoms with Crippen LogP contribution < -0.4 is 10.6 Å². The third-order valence-corrected chi connectivity index (χ3v) is 4.30. The average Bonchev–Trinajstić information content (AvgIpc) is 3.08. The molecule has 1 fully saturated rings. The Bertz CT molecular complexity index is 697. The van der Waals surface area contributed by atoms with E-state index in [1.54, 1.807) is 32.9 Å². The standard InChI is InChI=1S/C21H31N3O4/c1-14(2)22-19(26)17(15-10-7-6-8-11-15)23-18(25)16-12-9-13-24(16)20(27)28-21(3,4)5/h6-8,10-11,14,16-17H,9,12-13H2,1-5H3,(H,22,26)(H,23,25). The Kier molecular flexibility index (Phi) is 7.05. The van der Waals surface area contributed by atoms with Crippen molar-refractivity contribution in [3.63, 3.8) is 0 Å². The van der Waals surface area contributed by atoms with Crippen LogP contribution in [0.15, 0.2) is 30.3 Å². The van der Waals surface area contributed by atoms with Crippen LogP contribution in [0.4, 0.5) is 4.79 Å². The molecule has 1 saturated heterocycles. The Labute approximate surface area is 166 Å². The molecule has 2 unspecified atom stereocenters. The van der Waals surface area contributed by atoms with E-state index in [-0.39, 0.29) is 17.9 Å². The molecule has 1 aromatic carbocycles. The van der Waals surface area contributed by atoms with E-state index >= 15 is 0 Å². The van der Waals surface area contributed by atoms with E-state index in [2.05, 4.69) is 10.6 Å². The Morgan fingerprint density at radius 3 is 2.32 bits per heavy atom. The van der Waals surface area contributed by atoms with E-state index in [4.69, 9.17) is 4.74 Å². The predicted molar refractivity (Wildman–Crippen MR) is 107 cm³/mol. The molecule has 0 aliphatic carbocycles. The number of ether oxygens (including phenoxy) is 1. The Hall–Kier alpha value is -2.57. The van der Waals surface area contributed by atoms with Crippen molar-refractivity contribution in [2.45, 2.75) is 71.2 Å². The van der Waals surface area contributed by atoms with Crippen LogP contribution in [0.3, 0.4) is 0 Å². The van der Waals surface area contributed by atoms with Crippen LogP contribution in [0, 0.1) is 0 Å². The molecule has 1 heterocycles. The van der Waals surface area contributed by atoms with Gasteiger partial charge in [0.05, 0.1) is 0 Å². The number of nitrogens with one attached hydrogen (secondary N) is 2. The molecule has 1 aromatic rings. The average molecular weight is 389 g/mol. The lowest BCUT2D eigenvalue weighted by Crippen LogP contribution is -2.51. The molecule has 2 atom stereocenters. The van der Waals surface area contributed by atoms with E-state index in [0.717, 1.165) is 0 Å². The van der Waals surface area contributed by atoms with Gasteiger partial charge in [-0.3, -0.25) is 14.5 Å². The number of benzene rings is 1. The zero-order valence-corrected chi connectivity index (χ0v) is 17.3. The normalized spacial score (nSPS) is 17.9. The topological polar surface area (TPSA) is 87.7 Å². The smallest absolute Gasteiger partial charge is 0.410 e. The van der Waals surface area contributed by atoms with Gasteiger partial charge < -0.3 is 15.4 Å². The summed E-state index contributed by atoms with van der Waals surface area (Å²) < 4.78 is 5.42. The van der Waals surface area contributed by atoms with Crippen LogP contribution in [0.25, 0.3) is 0 Å². The van der Waals surface area contributed by atoms with Gasteiger partial charge in [0.15, 0.2) is 0 Å². The summed E-state index contributed by atoms with van der Waals surface area (Å²) in [6.45, 7) is 9.56. The zero-order valence-electron chi connectivity index (χ0n) is 17.3. The van der Waals surface area contributed by atoms with Gasteiger partial charge in [-0.15, -0.1) is 0 Å². The SMILES string of the molecule is CC(C)NC(=O)C(NC(=O)C1CCCN1C(=O)OC(C)(C)C)c1ccccc1. The van der Waals surface area contributed by atoms with Gasteiger partial charge in [0.25, 0.3) is 0 Å². The maximum atomic E-state index is 13.0. The highest BCUT2D eigenvalue weighted by Crippen LogP contribution is 2.22. The fourth-order valence-electron chi connectivity index (χ4n) is 3.13. The number of likely N-dealkylation sites (tertiary alicyclic amines) is 1. The van der Waals surface area contributed by atoms with Crippen LogP contribution in [0.1, 0.15) is 59.1 Å². The molecule has 1 aliphatic heterocycles. The minimum atomic E-state index is -0.822. The number of hydrogen-bond donors (Lipinski definition) is 2. The molecule has 0 radical (unpaired) electrons. The van der Waals surface area contributed by atoms with Gasteiger partial charge in [0.2, 0.25) is 11.8 Å². The van der Waals surface area contributed by atoms with E-state index in [1.807, 2.05) is 32.0 Å². The number of rotatable bonds is 5. The molecule has 1 aliphatic rings. The van der Waals surface area contributed by atoms with Crippen molar-refractivity contribution >= 4 is 17.9 Å². The fourth-order valence-corrected chi connectivity index (χ4v) is 3.13. The van der Waals surface area contributed by atoms with E-state index in [0.29, 0.717) is 24.9 Å². The van der Waals surface area contributed by atoms with Crippen LogP contribution in [0.2, 0.25) is 0 Å².